The molecule has 0 saturated heterocycles. The zero-order chi connectivity index (χ0) is 14.9. The van der Waals surface area contributed by atoms with Crippen LogP contribution < -0.4 is 0 Å². The van der Waals surface area contributed by atoms with Crippen molar-refractivity contribution in [1.29, 1.82) is 0 Å². The van der Waals surface area contributed by atoms with E-state index in [0.717, 1.165) is 22.5 Å². The summed E-state index contributed by atoms with van der Waals surface area (Å²) in [5.41, 5.74) is 1.87. The molecule has 0 unspecified atom stereocenters. The van der Waals surface area contributed by atoms with Crippen molar-refractivity contribution >= 4 is 21.2 Å². The summed E-state index contributed by atoms with van der Waals surface area (Å²) in [4.78, 5) is 0.240. The topological polar surface area (TPSA) is 59.9 Å². The van der Waals surface area contributed by atoms with Crippen LogP contribution in [-0.4, -0.2) is 18.6 Å². The first kappa shape index (κ1) is 13.9. The highest BCUT2D eigenvalue weighted by Crippen LogP contribution is 2.29. The number of rotatable bonds is 3. The maximum absolute atomic E-state index is 12.5. The van der Waals surface area contributed by atoms with E-state index >= 15 is 0 Å². The Morgan fingerprint density at radius 3 is 2.24 bits per heavy atom. The summed E-state index contributed by atoms with van der Waals surface area (Å²) in [5, 5.41) is 8.43. The molecule has 4 nitrogen and oxygen atoms in total. The molecule has 0 N–H and O–H groups in total. The standard InChI is InChI=1S/C15H12N2O2S2/c1-11-7-9-13(10-8-11)21(18,19)15-17-16-14(20-15)12-5-3-2-4-6-12/h2-10H,1H3. The van der Waals surface area contributed by atoms with E-state index in [2.05, 4.69) is 10.2 Å². The molecule has 0 aliphatic rings. The molecule has 6 heteroatoms. The maximum Gasteiger partial charge on any atom is 0.237 e. The monoisotopic (exact) mass is 316 g/mol. The average molecular weight is 316 g/mol. The van der Waals surface area contributed by atoms with Gasteiger partial charge in [-0.3, -0.25) is 0 Å². The van der Waals surface area contributed by atoms with Crippen LogP contribution >= 0.6 is 11.3 Å². The lowest BCUT2D eigenvalue weighted by molar-refractivity contribution is 0.594. The highest BCUT2D eigenvalue weighted by Gasteiger charge is 2.23. The molecule has 3 aromatic rings. The molecule has 0 aliphatic carbocycles. The lowest BCUT2D eigenvalue weighted by atomic mass is 10.2. The molecule has 0 bridgehead atoms. The van der Waals surface area contributed by atoms with E-state index in [1.54, 1.807) is 24.3 Å². The second-order valence-electron chi connectivity index (χ2n) is 4.56. The van der Waals surface area contributed by atoms with Gasteiger partial charge in [-0.25, -0.2) is 8.42 Å². The van der Waals surface area contributed by atoms with Gasteiger partial charge in [0.2, 0.25) is 14.2 Å². The number of sulfone groups is 1. The minimum Gasteiger partial charge on any atom is -0.216 e. The maximum atomic E-state index is 12.5. The molecule has 21 heavy (non-hydrogen) atoms. The molecular weight excluding hydrogens is 304 g/mol. The summed E-state index contributed by atoms with van der Waals surface area (Å²) in [5.74, 6) is 0. The molecule has 0 saturated carbocycles. The van der Waals surface area contributed by atoms with Gasteiger partial charge in [0.1, 0.15) is 5.01 Å². The van der Waals surface area contributed by atoms with Gasteiger partial charge >= 0.3 is 0 Å². The molecule has 106 valence electrons. The third-order valence-electron chi connectivity index (χ3n) is 2.99. The predicted octanol–water partition coefficient (Wildman–Crippen LogP) is 3.35. The summed E-state index contributed by atoms with van der Waals surface area (Å²) < 4.78 is 25.0. The van der Waals surface area contributed by atoms with Gasteiger partial charge in [-0.05, 0) is 19.1 Å². The van der Waals surface area contributed by atoms with E-state index < -0.39 is 9.84 Å². The van der Waals surface area contributed by atoms with Crippen molar-refractivity contribution in [2.75, 3.05) is 0 Å². The minimum absolute atomic E-state index is 0.0187. The third kappa shape index (κ3) is 2.72. The number of hydrogen-bond donors (Lipinski definition) is 0. The van der Waals surface area contributed by atoms with Gasteiger partial charge in [0, 0.05) is 5.56 Å². The molecule has 0 amide bonds. The fourth-order valence-electron chi connectivity index (χ4n) is 1.83. The lowest BCUT2D eigenvalue weighted by Gasteiger charge is -2.00. The van der Waals surface area contributed by atoms with E-state index in [9.17, 15) is 8.42 Å². The number of benzene rings is 2. The largest absolute Gasteiger partial charge is 0.237 e. The van der Waals surface area contributed by atoms with Gasteiger partial charge < -0.3 is 0 Å². The Bertz CT molecular complexity index is 854. The summed E-state index contributed by atoms with van der Waals surface area (Å²) in [7, 11) is -3.60. The van der Waals surface area contributed by atoms with Crippen molar-refractivity contribution in [3.05, 3.63) is 60.2 Å². The molecule has 1 heterocycles. The van der Waals surface area contributed by atoms with Gasteiger partial charge in [-0.1, -0.05) is 59.4 Å². The van der Waals surface area contributed by atoms with Gasteiger partial charge in [0.25, 0.3) is 0 Å². The first-order valence-electron chi connectivity index (χ1n) is 6.28. The van der Waals surface area contributed by atoms with Crippen molar-refractivity contribution in [1.82, 2.24) is 10.2 Å². The molecule has 3 rings (SSSR count). The number of aryl methyl sites for hydroxylation is 1. The minimum atomic E-state index is -3.60. The van der Waals surface area contributed by atoms with Gasteiger partial charge in [0.05, 0.1) is 4.90 Å². The summed E-state index contributed by atoms with van der Waals surface area (Å²) >= 11 is 1.08. The van der Waals surface area contributed by atoms with Crippen molar-refractivity contribution in [3.8, 4) is 10.6 Å². The second kappa shape index (κ2) is 5.38. The van der Waals surface area contributed by atoms with Crippen LogP contribution in [0, 0.1) is 6.92 Å². The smallest absolute Gasteiger partial charge is 0.216 e. The Morgan fingerprint density at radius 1 is 0.905 bits per heavy atom. The zero-order valence-corrected chi connectivity index (χ0v) is 12.9. The van der Waals surface area contributed by atoms with Crippen molar-refractivity contribution < 1.29 is 8.42 Å². The van der Waals surface area contributed by atoms with E-state index in [1.165, 1.54) is 0 Å². The highest BCUT2D eigenvalue weighted by molar-refractivity contribution is 7.93. The zero-order valence-electron chi connectivity index (χ0n) is 11.2. The van der Waals surface area contributed by atoms with Crippen LogP contribution in [0.15, 0.2) is 63.8 Å². The quantitative estimate of drug-likeness (QED) is 0.743. The average Bonchev–Trinajstić information content (AvgIpc) is 2.99. The van der Waals surface area contributed by atoms with E-state index in [-0.39, 0.29) is 9.24 Å². The second-order valence-corrected chi connectivity index (χ2v) is 7.66. The molecule has 0 radical (unpaired) electrons. The Hall–Kier alpha value is -2.05. The summed E-state index contributed by atoms with van der Waals surface area (Å²) in [6, 6.07) is 16.1. The van der Waals surface area contributed by atoms with Gasteiger partial charge in [0.15, 0.2) is 0 Å². The predicted molar refractivity (Wildman–Crippen MR) is 82.0 cm³/mol. The third-order valence-corrected chi connectivity index (χ3v) is 6.10. The van der Waals surface area contributed by atoms with Crippen LogP contribution in [0.5, 0.6) is 0 Å². The molecule has 0 aliphatic heterocycles. The Balaban J connectivity index is 2.01. The first-order chi connectivity index (χ1) is 10.1. The van der Waals surface area contributed by atoms with Gasteiger partial charge in [-0.2, -0.15) is 0 Å². The van der Waals surface area contributed by atoms with Crippen molar-refractivity contribution in [2.45, 2.75) is 16.2 Å². The van der Waals surface area contributed by atoms with Crippen molar-refractivity contribution in [3.63, 3.8) is 0 Å². The van der Waals surface area contributed by atoms with Gasteiger partial charge in [-0.15, -0.1) is 10.2 Å². The fraction of sp³-hybridized carbons (Fsp3) is 0.0667. The molecule has 1 aromatic heterocycles. The number of nitrogens with zero attached hydrogens (tertiary/aromatic N) is 2. The van der Waals surface area contributed by atoms with E-state index in [0.29, 0.717) is 5.01 Å². The Labute approximate surface area is 127 Å². The highest BCUT2D eigenvalue weighted by atomic mass is 32.2. The number of hydrogen-bond acceptors (Lipinski definition) is 5. The van der Waals surface area contributed by atoms with Crippen LogP contribution in [0.4, 0.5) is 0 Å². The lowest BCUT2D eigenvalue weighted by Crippen LogP contribution is -2.01. The van der Waals surface area contributed by atoms with Crippen LogP contribution in [0.25, 0.3) is 10.6 Å². The SMILES string of the molecule is Cc1ccc(S(=O)(=O)c2nnc(-c3ccccc3)s2)cc1. The number of aromatic nitrogens is 2. The van der Waals surface area contributed by atoms with Crippen LogP contribution in [0.3, 0.4) is 0 Å². The first-order valence-corrected chi connectivity index (χ1v) is 8.58. The molecule has 0 atom stereocenters. The summed E-state index contributed by atoms with van der Waals surface area (Å²) in [6.07, 6.45) is 0. The van der Waals surface area contributed by atoms with Crippen molar-refractivity contribution in [2.24, 2.45) is 0 Å². The Morgan fingerprint density at radius 2 is 1.57 bits per heavy atom. The molecule has 2 aromatic carbocycles. The van der Waals surface area contributed by atoms with Crippen LogP contribution in [-0.2, 0) is 9.84 Å². The molecular formula is C15H12N2O2S2. The fourth-order valence-corrected chi connectivity index (χ4v) is 4.23. The van der Waals surface area contributed by atoms with E-state index in [1.807, 2.05) is 37.3 Å². The molecule has 0 fully saturated rings. The summed E-state index contributed by atoms with van der Waals surface area (Å²) in [6.45, 7) is 1.91. The molecule has 0 spiro atoms. The van der Waals surface area contributed by atoms with Crippen LogP contribution in [0.2, 0.25) is 0 Å². The van der Waals surface area contributed by atoms with E-state index in [4.69, 9.17) is 0 Å². The Kier molecular flexibility index (Phi) is 3.57. The van der Waals surface area contributed by atoms with Crippen LogP contribution in [0.1, 0.15) is 5.56 Å². The normalized spacial score (nSPS) is 11.5.